The molecule has 2 aliphatic rings. The Balaban J connectivity index is 2.27. The summed E-state index contributed by atoms with van der Waals surface area (Å²) in [4.78, 5) is 68.1. The van der Waals surface area contributed by atoms with Gasteiger partial charge in [0, 0.05) is 13.1 Å². The fourth-order valence-corrected chi connectivity index (χ4v) is 6.70. The minimum absolute atomic E-state index is 0.0368. The molecule has 3 unspecified atom stereocenters. The molecule has 3 N–H and O–H groups in total. The van der Waals surface area contributed by atoms with E-state index in [0.717, 1.165) is 0 Å². The second-order valence-corrected chi connectivity index (χ2v) is 18.7. The lowest BCUT2D eigenvalue weighted by atomic mass is 9.85. The van der Waals surface area contributed by atoms with E-state index in [1.54, 1.807) is 68.4 Å². The fourth-order valence-electron chi connectivity index (χ4n) is 5.71. The molecular formula is C32H54N4O8S. The molecule has 0 aromatic carbocycles. The van der Waals surface area contributed by atoms with E-state index in [1.807, 2.05) is 13.8 Å². The Hall–Kier alpha value is -2.96. The van der Waals surface area contributed by atoms with E-state index in [0.29, 0.717) is 13.0 Å². The lowest BCUT2D eigenvalue weighted by Crippen LogP contribution is -2.60. The minimum Gasteiger partial charge on any atom is -0.444 e. The molecule has 1 aliphatic heterocycles. The molecule has 2 fully saturated rings. The first-order valence-corrected chi connectivity index (χ1v) is 17.2. The summed E-state index contributed by atoms with van der Waals surface area (Å²) in [7, 11) is -3.53. The van der Waals surface area contributed by atoms with Gasteiger partial charge in [0.05, 0.1) is 16.5 Å². The van der Waals surface area contributed by atoms with Crippen LogP contribution in [0.5, 0.6) is 0 Å². The number of nitrogens with zero attached hydrogens (tertiary/aromatic N) is 1. The molecular weight excluding hydrogens is 600 g/mol. The lowest BCUT2D eigenvalue weighted by molar-refractivity contribution is -0.145. The summed E-state index contributed by atoms with van der Waals surface area (Å²) >= 11 is 0. The topological polar surface area (TPSA) is 168 Å². The number of allylic oxidation sites excluding steroid dienone is 1. The van der Waals surface area contributed by atoms with E-state index in [1.165, 1.54) is 4.90 Å². The van der Waals surface area contributed by atoms with Crippen LogP contribution in [0.25, 0.3) is 0 Å². The first-order valence-electron chi connectivity index (χ1n) is 15.5. The van der Waals surface area contributed by atoms with Gasteiger partial charge in [-0.2, -0.15) is 0 Å². The number of carbonyl (C=O) groups is 5. The van der Waals surface area contributed by atoms with Gasteiger partial charge in [-0.1, -0.05) is 40.7 Å². The molecule has 1 saturated carbocycles. The average molecular weight is 655 g/mol. The van der Waals surface area contributed by atoms with E-state index < -0.39 is 73.3 Å². The van der Waals surface area contributed by atoms with Crippen molar-refractivity contribution in [2.45, 2.75) is 117 Å². The van der Waals surface area contributed by atoms with Gasteiger partial charge >= 0.3 is 6.09 Å². The summed E-state index contributed by atoms with van der Waals surface area (Å²) in [5.41, 5.74) is -1.74. The molecule has 1 saturated heterocycles. The van der Waals surface area contributed by atoms with Crippen LogP contribution in [0.2, 0.25) is 0 Å². The quantitative estimate of drug-likeness (QED) is 0.213. The third-order valence-electron chi connectivity index (χ3n) is 8.64. The molecule has 5 atom stereocenters. The highest BCUT2D eigenvalue weighted by atomic mass is 32.2. The number of piperidine rings is 1. The Morgan fingerprint density at radius 2 is 1.58 bits per heavy atom. The molecule has 0 aromatic heterocycles. The van der Waals surface area contributed by atoms with Gasteiger partial charge in [-0.3, -0.25) is 19.2 Å². The van der Waals surface area contributed by atoms with Gasteiger partial charge in [0.15, 0.2) is 9.84 Å². The third kappa shape index (κ3) is 9.29. The molecule has 0 bridgehead atoms. The smallest absolute Gasteiger partial charge is 0.408 e. The van der Waals surface area contributed by atoms with Crippen LogP contribution in [0.15, 0.2) is 12.7 Å². The zero-order valence-corrected chi connectivity index (χ0v) is 29.6. The van der Waals surface area contributed by atoms with E-state index in [2.05, 4.69) is 22.5 Å². The second-order valence-electron chi connectivity index (χ2n) is 15.8. The molecule has 45 heavy (non-hydrogen) atoms. The maximum absolute atomic E-state index is 14.0. The number of Topliss-reactive ketones (excluding diaryl/α,β-unsaturated/α-hetero) is 1. The van der Waals surface area contributed by atoms with Crippen LogP contribution in [0.4, 0.5) is 4.79 Å². The van der Waals surface area contributed by atoms with Gasteiger partial charge in [0.1, 0.15) is 17.7 Å². The largest absolute Gasteiger partial charge is 0.444 e. The van der Waals surface area contributed by atoms with Crippen molar-refractivity contribution in [1.82, 2.24) is 20.9 Å². The standard InChI is InChI=1S/C32H54N4O8S/c1-13-14-15-20(23(37)26(39)33-16-17-45(42,43)31(8,9)10)34-25(38)22-21-19(32(21,11)12)18-36(22)27(40)24(29(2,3)4)35-28(41)44-30(5,6)7/h13,19-22,24H,1,14-18H2,2-12H3,(H,33,39)(H,34,38)(H,35,41)/t19?,20?,21?,22-,24+/m0/s1. The highest BCUT2D eigenvalue weighted by Gasteiger charge is 2.70. The van der Waals surface area contributed by atoms with Gasteiger partial charge in [-0.15, -0.1) is 6.58 Å². The number of hydrogen-bond donors (Lipinski definition) is 3. The number of rotatable bonds is 12. The van der Waals surface area contributed by atoms with E-state index in [9.17, 15) is 32.4 Å². The van der Waals surface area contributed by atoms with Crippen LogP contribution in [0.1, 0.15) is 89.0 Å². The summed E-state index contributed by atoms with van der Waals surface area (Å²) in [5, 5.41) is 7.78. The van der Waals surface area contributed by atoms with Crippen molar-refractivity contribution in [3.63, 3.8) is 0 Å². The summed E-state index contributed by atoms with van der Waals surface area (Å²) in [5.74, 6) is -3.43. The van der Waals surface area contributed by atoms with Crippen molar-refractivity contribution >= 4 is 39.4 Å². The first-order chi connectivity index (χ1) is 20.3. The molecule has 256 valence electrons. The van der Waals surface area contributed by atoms with E-state index in [-0.39, 0.29) is 36.0 Å². The van der Waals surface area contributed by atoms with Gasteiger partial charge in [0.2, 0.25) is 17.6 Å². The number of ketones is 1. The van der Waals surface area contributed by atoms with Crippen LogP contribution in [0, 0.1) is 22.7 Å². The van der Waals surface area contributed by atoms with Crippen LogP contribution in [-0.2, 0) is 33.8 Å². The number of nitrogens with one attached hydrogen (secondary N) is 3. The van der Waals surface area contributed by atoms with Crippen molar-refractivity contribution in [1.29, 1.82) is 0 Å². The molecule has 4 amide bonds. The minimum atomic E-state index is -3.53. The second kappa shape index (κ2) is 13.4. The Morgan fingerprint density at radius 1 is 1.00 bits per heavy atom. The number of likely N-dealkylation sites (tertiary alicyclic amines) is 1. The van der Waals surface area contributed by atoms with Gasteiger partial charge in [0.25, 0.3) is 5.91 Å². The Labute approximate surface area is 268 Å². The predicted molar refractivity (Wildman–Crippen MR) is 172 cm³/mol. The number of carbonyl (C=O) groups excluding carboxylic acids is 5. The summed E-state index contributed by atoms with van der Waals surface area (Å²) in [6, 6.07) is -3.15. The average Bonchev–Trinajstić information content (AvgIpc) is 3.19. The number of ether oxygens (including phenoxy) is 1. The molecule has 0 radical (unpaired) electrons. The molecule has 0 aromatic rings. The Bertz CT molecular complexity index is 1290. The van der Waals surface area contributed by atoms with Crippen LogP contribution < -0.4 is 16.0 Å². The van der Waals surface area contributed by atoms with Crippen molar-refractivity contribution in [3.05, 3.63) is 12.7 Å². The molecule has 2 rings (SSSR count). The summed E-state index contributed by atoms with van der Waals surface area (Å²) < 4.78 is 29.2. The zero-order chi connectivity index (χ0) is 34.9. The molecule has 1 aliphatic carbocycles. The van der Waals surface area contributed by atoms with Gasteiger partial charge in [-0.25, -0.2) is 13.2 Å². The Kier molecular flexibility index (Phi) is 11.4. The maximum atomic E-state index is 14.0. The zero-order valence-electron chi connectivity index (χ0n) is 28.8. The highest BCUT2D eigenvalue weighted by molar-refractivity contribution is 7.92. The monoisotopic (exact) mass is 654 g/mol. The first kappa shape index (κ1) is 38.2. The SMILES string of the molecule is C=CCCC(NC(=O)[C@@H]1C2C(CN1C(=O)[C@@H](NC(=O)OC(C)(C)C)C(C)(C)C)C2(C)C)C(=O)C(=O)NCCS(=O)(=O)C(C)(C)C. The molecule has 0 spiro atoms. The number of hydrogen-bond acceptors (Lipinski definition) is 8. The number of fused-ring (bicyclic) bond motifs is 1. The van der Waals surface area contributed by atoms with Crippen molar-refractivity contribution in [2.75, 3.05) is 18.8 Å². The highest BCUT2D eigenvalue weighted by Crippen LogP contribution is 2.65. The predicted octanol–water partition coefficient (Wildman–Crippen LogP) is 2.76. The van der Waals surface area contributed by atoms with Crippen LogP contribution in [0.3, 0.4) is 0 Å². The summed E-state index contributed by atoms with van der Waals surface area (Å²) in [6.07, 6.45) is 1.21. The number of sulfone groups is 1. The Morgan fingerprint density at radius 3 is 2.07 bits per heavy atom. The normalized spacial score (nSPS) is 22.4. The molecule has 1 heterocycles. The lowest BCUT2D eigenvalue weighted by Gasteiger charge is -2.38. The maximum Gasteiger partial charge on any atom is 0.408 e. The van der Waals surface area contributed by atoms with Crippen LogP contribution in [-0.4, -0.2) is 90.2 Å². The third-order valence-corrected chi connectivity index (χ3v) is 11.2. The number of amides is 4. The van der Waals surface area contributed by atoms with Crippen molar-refractivity contribution < 1.29 is 37.1 Å². The van der Waals surface area contributed by atoms with E-state index >= 15 is 0 Å². The van der Waals surface area contributed by atoms with E-state index in [4.69, 9.17) is 4.74 Å². The molecule has 13 heteroatoms. The fraction of sp³-hybridized carbons (Fsp3) is 0.781. The van der Waals surface area contributed by atoms with Crippen molar-refractivity contribution in [2.24, 2.45) is 22.7 Å². The molecule has 12 nitrogen and oxygen atoms in total. The summed E-state index contributed by atoms with van der Waals surface area (Å²) in [6.45, 7) is 23.0. The number of alkyl carbamates (subject to hydrolysis) is 1. The van der Waals surface area contributed by atoms with Gasteiger partial charge in [-0.05, 0) is 77.0 Å². The van der Waals surface area contributed by atoms with Crippen molar-refractivity contribution in [3.8, 4) is 0 Å². The van der Waals surface area contributed by atoms with Crippen LogP contribution >= 0.6 is 0 Å². The van der Waals surface area contributed by atoms with Gasteiger partial charge < -0.3 is 25.6 Å².